The molecule has 0 aliphatic carbocycles. The van der Waals surface area contributed by atoms with Crippen molar-refractivity contribution in [3.63, 3.8) is 0 Å². The minimum Gasteiger partial charge on any atom is -0.490 e. The van der Waals surface area contributed by atoms with Gasteiger partial charge in [-0.05, 0) is 48.7 Å². The molecular weight excluding hydrogens is 516 g/mol. The second-order valence-corrected chi connectivity index (χ2v) is 12.4. The van der Waals surface area contributed by atoms with Gasteiger partial charge in [0.25, 0.3) is 0 Å². The van der Waals surface area contributed by atoms with Gasteiger partial charge in [0.05, 0.1) is 15.1 Å². The Labute approximate surface area is 221 Å². The highest BCUT2D eigenvalue weighted by Crippen LogP contribution is 2.31. The molecule has 0 fully saturated rings. The summed E-state index contributed by atoms with van der Waals surface area (Å²) in [4.78, 5) is 16.5. The summed E-state index contributed by atoms with van der Waals surface area (Å²) in [5.74, 6) is 0.359. The fourth-order valence-corrected chi connectivity index (χ4v) is 6.99. The van der Waals surface area contributed by atoms with Crippen molar-refractivity contribution in [1.82, 2.24) is 9.71 Å². The predicted molar refractivity (Wildman–Crippen MR) is 147 cm³/mol. The number of ether oxygens (including phenoxy) is 1. The number of thioether (sulfide) groups is 1. The van der Waals surface area contributed by atoms with Gasteiger partial charge in [-0.1, -0.05) is 69.2 Å². The molecule has 0 aliphatic heterocycles. The SMILES string of the molecule is C=CCOc1ccc(C[C@@H](NS(=O)(=O)c2ccc3nc(SCCCCCCC)sc3c2)C(=O)O)cc1. The van der Waals surface area contributed by atoms with E-state index in [2.05, 4.69) is 23.2 Å². The lowest BCUT2D eigenvalue weighted by molar-refractivity contribution is -0.138. The molecule has 2 N–H and O–H groups in total. The van der Waals surface area contributed by atoms with E-state index in [-0.39, 0.29) is 11.3 Å². The molecule has 194 valence electrons. The molecule has 0 unspecified atom stereocenters. The Morgan fingerprint density at radius 3 is 2.64 bits per heavy atom. The number of nitrogens with zero attached hydrogens (tertiary/aromatic N) is 1. The van der Waals surface area contributed by atoms with Crippen molar-refractivity contribution in [2.24, 2.45) is 0 Å². The van der Waals surface area contributed by atoms with Crippen LogP contribution in [0, 0.1) is 0 Å². The minimum atomic E-state index is -4.05. The van der Waals surface area contributed by atoms with Gasteiger partial charge in [-0.2, -0.15) is 4.72 Å². The van der Waals surface area contributed by atoms with Gasteiger partial charge >= 0.3 is 5.97 Å². The quantitative estimate of drug-likeness (QED) is 0.130. The van der Waals surface area contributed by atoms with Gasteiger partial charge in [0.15, 0.2) is 4.34 Å². The number of aromatic nitrogens is 1. The van der Waals surface area contributed by atoms with Crippen molar-refractivity contribution >= 4 is 49.3 Å². The zero-order chi connectivity index (χ0) is 26.0. The van der Waals surface area contributed by atoms with Gasteiger partial charge in [0.1, 0.15) is 18.4 Å². The van der Waals surface area contributed by atoms with Crippen LogP contribution in [-0.2, 0) is 21.2 Å². The largest absolute Gasteiger partial charge is 0.490 e. The molecular formula is C26H32N2O5S3. The fraction of sp³-hybridized carbons (Fsp3) is 0.385. The molecule has 1 atom stereocenters. The van der Waals surface area contributed by atoms with E-state index in [4.69, 9.17) is 4.74 Å². The van der Waals surface area contributed by atoms with Crippen molar-refractivity contribution < 1.29 is 23.1 Å². The Kier molecular flexibility index (Phi) is 10.8. The molecule has 0 saturated heterocycles. The van der Waals surface area contributed by atoms with Gasteiger partial charge in [-0.3, -0.25) is 4.79 Å². The van der Waals surface area contributed by atoms with Crippen LogP contribution in [0.1, 0.15) is 44.6 Å². The maximum Gasteiger partial charge on any atom is 0.322 e. The number of nitrogens with one attached hydrogen (secondary N) is 1. The second-order valence-electron chi connectivity index (χ2n) is 8.33. The number of hydrogen-bond acceptors (Lipinski definition) is 7. The molecule has 10 heteroatoms. The Morgan fingerprint density at radius 2 is 1.94 bits per heavy atom. The highest BCUT2D eigenvalue weighted by atomic mass is 32.2. The number of thiazole rings is 1. The van der Waals surface area contributed by atoms with Crippen LogP contribution in [0.4, 0.5) is 0 Å². The number of carbonyl (C=O) groups is 1. The van der Waals surface area contributed by atoms with Crippen LogP contribution in [0.15, 0.2) is 64.4 Å². The third kappa shape index (κ3) is 8.33. The van der Waals surface area contributed by atoms with Crippen molar-refractivity contribution in [3.05, 3.63) is 60.7 Å². The third-order valence-corrected chi connectivity index (χ3v) is 9.17. The smallest absolute Gasteiger partial charge is 0.322 e. The lowest BCUT2D eigenvalue weighted by Crippen LogP contribution is -2.42. The molecule has 0 aliphatic rings. The number of carboxylic acids is 1. The van der Waals surface area contributed by atoms with E-state index in [1.807, 2.05) is 0 Å². The number of unbranched alkanes of at least 4 members (excludes halogenated alkanes) is 4. The van der Waals surface area contributed by atoms with Gasteiger partial charge in [-0.25, -0.2) is 13.4 Å². The van der Waals surface area contributed by atoms with Crippen LogP contribution in [0.2, 0.25) is 0 Å². The molecule has 0 bridgehead atoms. The van der Waals surface area contributed by atoms with E-state index in [1.54, 1.807) is 54.2 Å². The van der Waals surface area contributed by atoms with Gasteiger partial charge in [0.2, 0.25) is 10.0 Å². The van der Waals surface area contributed by atoms with Gasteiger partial charge in [-0.15, -0.1) is 11.3 Å². The van der Waals surface area contributed by atoms with Crippen LogP contribution < -0.4 is 9.46 Å². The topological polar surface area (TPSA) is 106 Å². The summed E-state index contributed by atoms with van der Waals surface area (Å²) in [7, 11) is -4.05. The van der Waals surface area contributed by atoms with Crippen molar-refractivity contribution in [1.29, 1.82) is 0 Å². The van der Waals surface area contributed by atoms with E-state index in [0.717, 1.165) is 26.7 Å². The summed E-state index contributed by atoms with van der Waals surface area (Å²) in [6.45, 7) is 6.15. The average molecular weight is 549 g/mol. The maximum atomic E-state index is 13.0. The van der Waals surface area contributed by atoms with E-state index in [9.17, 15) is 18.3 Å². The van der Waals surface area contributed by atoms with E-state index < -0.39 is 22.0 Å². The lowest BCUT2D eigenvalue weighted by Gasteiger charge is -2.15. The van der Waals surface area contributed by atoms with Crippen molar-refractivity contribution in [2.45, 2.75) is 60.7 Å². The van der Waals surface area contributed by atoms with Crippen LogP contribution in [0.5, 0.6) is 5.75 Å². The van der Waals surface area contributed by atoms with E-state index >= 15 is 0 Å². The Balaban J connectivity index is 1.65. The third-order valence-electron chi connectivity index (χ3n) is 5.45. The first kappa shape index (κ1) is 28.2. The molecule has 36 heavy (non-hydrogen) atoms. The Morgan fingerprint density at radius 1 is 1.19 bits per heavy atom. The second kappa shape index (κ2) is 13.8. The first-order valence-electron chi connectivity index (χ1n) is 11.9. The number of aliphatic carboxylic acids is 1. The Bertz CT molecular complexity index is 1260. The zero-order valence-electron chi connectivity index (χ0n) is 20.3. The average Bonchev–Trinajstić information content (AvgIpc) is 3.27. The van der Waals surface area contributed by atoms with Crippen LogP contribution in [0.3, 0.4) is 0 Å². The molecule has 3 aromatic rings. The number of fused-ring (bicyclic) bond motifs is 1. The summed E-state index contributed by atoms with van der Waals surface area (Å²) < 4.78 is 35.5. The molecule has 0 amide bonds. The number of hydrogen-bond donors (Lipinski definition) is 2. The predicted octanol–water partition coefficient (Wildman–Crippen LogP) is 5.90. The summed E-state index contributed by atoms with van der Waals surface area (Å²) in [5, 5.41) is 9.67. The van der Waals surface area contributed by atoms with Crippen LogP contribution >= 0.6 is 23.1 Å². The summed E-state index contributed by atoms with van der Waals surface area (Å²) >= 11 is 3.15. The maximum absolute atomic E-state index is 13.0. The van der Waals surface area contributed by atoms with Gasteiger partial charge < -0.3 is 9.84 Å². The fourth-order valence-electron chi connectivity index (χ4n) is 3.53. The molecule has 3 rings (SSSR count). The molecule has 0 saturated carbocycles. The van der Waals surface area contributed by atoms with E-state index in [0.29, 0.717) is 17.9 Å². The lowest BCUT2D eigenvalue weighted by atomic mass is 10.1. The normalized spacial score (nSPS) is 12.5. The Hall–Kier alpha value is -2.40. The zero-order valence-corrected chi connectivity index (χ0v) is 22.8. The first-order valence-corrected chi connectivity index (χ1v) is 15.2. The summed E-state index contributed by atoms with van der Waals surface area (Å²) in [6.07, 6.45) is 7.69. The summed E-state index contributed by atoms with van der Waals surface area (Å²) in [5.41, 5.74) is 1.41. The first-order chi connectivity index (χ1) is 17.3. The standard InChI is InChI=1S/C26H32N2O5S3/c1-3-5-6-7-8-16-34-26-27-22-14-13-21(18-24(22)35-26)36(31,32)28-23(25(29)30)17-19-9-11-20(12-10-19)33-15-4-2/h4,9-14,18,23,28H,2-3,5-8,15-17H2,1H3,(H,29,30)/t23-/m1/s1. The molecule has 0 spiro atoms. The molecule has 2 aromatic carbocycles. The van der Waals surface area contributed by atoms with Crippen molar-refractivity contribution in [3.8, 4) is 5.75 Å². The number of sulfonamides is 1. The molecule has 1 heterocycles. The number of rotatable bonds is 16. The number of carboxylic acid groups (broad SMARTS) is 1. The van der Waals surface area contributed by atoms with Gasteiger partial charge in [0, 0.05) is 5.75 Å². The van der Waals surface area contributed by atoms with Crippen LogP contribution in [-0.4, -0.2) is 42.9 Å². The molecule has 7 nitrogen and oxygen atoms in total. The molecule has 0 radical (unpaired) electrons. The van der Waals surface area contributed by atoms with Crippen molar-refractivity contribution in [2.75, 3.05) is 12.4 Å². The number of benzene rings is 2. The van der Waals surface area contributed by atoms with Crippen LogP contribution in [0.25, 0.3) is 10.2 Å². The monoisotopic (exact) mass is 548 g/mol. The summed E-state index contributed by atoms with van der Waals surface area (Å²) in [6, 6.07) is 10.2. The highest BCUT2D eigenvalue weighted by Gasteiger charge is 2.26. The minimum absolute atomic E-state index is 0.00184. The highest BCUT2D eigenvalue weighted by molar-refractivity contribution is 8.01. The van der Waals surface area contributed by atoms with E-state index in [1.165, 1.54) is 43.1 Å². The molecule has 1 aromatic heterocycles.